The van der Waals surface area contributed by atoms with Crippen LogP contribution in [0.5, 0.6) is 0 Å². The van der Waals surface area contributed by atoms with Gasteiger partial charge in [0.2, 0.25) is 0 Å². The molecule has 2 N–H and O–H groups in total. The van der Waals surface area contributed by atoms with E-state index >= 15 is 0 Å². The Kier molecular flexibility index (Phi) is 5.88. The van der Waals surface area contributed by atoms with Gasteiger partial charge >= 0.3 is 0 Å². The number of ether oxygens (including phenoxy) is 1. The van der Waals surface area contributed by atoms with Crippen molar-refractivity contribution < 1.29 is 4.74 Å². The van der Waals surface area contributed by atoms with Gasteiger partial charge in [0.1, 0.15) is 0 Å². The lowest BCUT2D eigenvalue weighted by atomic mass is 10.0. The molecule has 0 radical (unpaired) electrons. The predicted molar refractivity (Wildman–Crippen MR) is 87.9 cm³/mol. The molecule has 1 heterocycles. The Balaban J connectivity index is 1.94. The van der Waals surface area contributed by atoms with E-state index in [4.69, 9.17) is 16.3 Å². The minimum Gasteiger partial charge on any atom is -0.373 e. The normalized spacial score (nSPS) is 22.3. The van der Waals surface area contributed by atoms with Crippen molar-refractivity contribution >= 4 is 17.6 Å². The van der Waals surface area contributed by atoms with Crippen molar-refractivity contribution in [3.05, 3.63) is 34.9 Å². The SMILES string of the molecule is CCNC(=NCc1ccccc1Cl)NCC1(C)CCCO1. The molecule has 2 rings (SSSR count). The summed E-state index contributed by atoms with van der Waals surface area (Å²) in [7, 11) is 0. The maximum absolute atomic E-state index is 6.16. The molecule has 1 aliphatic heterocycles. The number of benzene rings is 1. The van der Waals surface area contributed by atoms with Gasteiger partial charge in [0.05, 0.1) is 12.1 Å². The molecule has 1 saturated heterocycles. The number of nitrogens with zero attached hydrogens (tertiary/aromatic N) is 1. The lowest BCUT2D eigenvalue weighted by Gasteiger charge is -2.24. The number of rotatable bonds is 5. The van der Waals surface area contributed by atoms with E-state index in [-0.39, 0.29) is 5.60 Å². The zero-order valence-corrected chi connectivity index (χ0v) is 13.5. The fraction of sp³-hybridized carbons (Fsp3) is 0.562. The molecule has 5 heteroatoms. The Morgan fingerprint density at radius 1 is 1.38 bits per heavy atom. The van der Waals surface area contributed by atoms with Gasteiger partial charge in [-0.15, -0.1) is 0 Å². The van der Waals surface area contributed by atoms with Crippen LogP contribution in [0.4, 0.5) is 0 Å². The zero-order chi connectivity index (χ0) is 15.1. The van der Waals surface area contributed by atoms with Crippen LogP contribution in [-0.4, -0.2) is 31.3 Å². The highest BCUT2D eigenvalue weighted by Gasteiger charge is 2.29. The van der Waals surface area contributed by atoms with Gasteiger partial charge in [-0.2, -0.15) is 0 Å². The Morgan fingerprint density at radius 2 is 2.19 bits per heavy atom. The summed E-state index contributed by atoms with van der Waals surface area (Å²) < 4.78 is 5.78. The van der Waals surface area contributed by atoms with Crippen molar-refractivity contribution in [1.29, 1.82) is 0 Å². The topological polar surface area (TPSA) is 45.7 Å². The van der Waals surface area contributed by atoms with E-state index in [0.29, 0.717) is 6.54 Å². The average molecular weight is 310 g/mol. The summed E-state index contributed by atoms with van der Waals surface area (Å²) in [6, 6.07) is 7.79. The maximum Gasteiger partial charge on any atom is 0.191 e. The highest BCUT2D eigenvalue weighted by Crippen LogP contribution is 2.23. The standard InChI is InChI=1S/C16H24ClN3O/c1-3-18-15(20-12-16(2)9-6-10-21-16)19-11-13-7-4-5-8-14(13)17/h4-5,7-8H,3,6,9-12H2,1-2H3,(H2,18,19,20). The average Bonchev–Trinajstić information content (AvgIpc) is 2.91. The van der Waals surface area contributed by atoms with Crippen molar-refractivity contribution in [3.8, 4) is 0 Å². The second kappa shape index (κ2) is 7.66. The van der Waals surface area contributed by atoms with Crippen LogP contribution in [0.15, 0.2) is 29.3 Å². The maximum atomic E-state index is 6.16. The molecule has 116 valence electrons. The lowest BCUT2D eigenvalue weighted by molar-refractivity contribution is 0.0243. The van der Waals surface area contributed by atoms with E-state index in [9.17, 15) is 0 Å². The van der Waals surface area contributed by atoms with Gasteiger partial charge in [0.15, 0.2) is 5.96 Å². The molecule has 1 unspecified atom stereocenters. The van der Waals surface area contributed by atoms with Crippen LogP contribution in [0.2, 0.25) is 5.02 Å². The van der Waals surface area contributed by atoms with Gasteiger partial charge in [-0.1, -0.05) is 29.8 Å². The molecule has 0 amide bonds. The quantitative estimate of drug-likeness (QED) is 0.649. The summed E-state index contributed by atoms with van der Waals surface area (Å²) in [5, 5.41) is 7.37. The molecule has 1 fully saturated rings. The van der Waals surface area contributed by atoms with Crippen molar-refractivity contribution in [3.63, 3.8) is 0 Å². The third-order valence-electron chi connectivity index (χ3n) is 3.64. The third kappa shape index (κ3) is 4.90. The highest BCUT2D eigenvalue weighted by molar-refractivity contribution is 6.31. The molecule has 0 aromatic heterocycles. The first-order valence-corrected chi connectivity index (χ1v) is 7.90. The summed E-state index contributed by atoms with van der Waals surface area (Å²) >= 11 is 6.16. The molecule has 21 heavy (non-hydrogen) atoms. The summed E-state index contributed by atoms with van der Waals surface area (Å²) in [5.41, 5.74) is 0.945. The van der Waals surface area contributed by atoms with E-state index in [1.54, 1.807) is 0 Å². The second-order valence-corrected chi connectivity index (χ2v) is 5.95. The Morgan fingerprint density at radius 3 is 2.86 bits per heavy atom. The molecule has 4 nitrogen and oxygen atoms in total. The number of nitrogens with one attached hydrogen (secondary N) is 2. The van der Waals surface area contributed by atoms with Crippen LogP contribution < -0.4 is 10.6 Å². The van der Waals surface area contributed by atoms with E-state index in [1.807, 2.05) is 24.3 Å². The monoisotopic (exact) mass is 309 g/mol. The first kappa shape index (κ1) is 16.1. The minimum atomic E-state index is -0.0828. The van der Waals surface area contributed by atoms with E-state index < -0.39 is 0 Å². The van der Waals surface area contributed by atoms with Crippen LogP contribution in [0.1, 0.15) is 32.3 Å². The van der Waals surface area contributed by atoms with Crippen LogP contribution in [0, 0.1) is 0 Å². The van der Waals surface area contributed by atoms with Crippen molar-refractivity contribution in [2.45, 2.75) is 38.8 Å². The molecule has 0 spiro atoms. The zero-order valence-electron chi connectivity index (χ0n) is 12.8. The van der Waals surface area contributed by atoms with E-state index in [2.05, 4.69) is 29.5 Å². The Labute approximate surface area is 131 Å². The van der Waals surface area contributed by atoms with E-state index in [0.717, 1.165) is 49.1 Å². The van der Waals surface area contributed by atoms with Crippen LogP contribution in [0.25, 0.3) is 0 Å². The number of guanidine groups is 1. The number of aliphatic imine (C=N–C) groups is 1. The summed E-state index contributed by atoms with van der Waals surface area (Å²) in [6.07, 6.45) is 2.22. The molecular weight excluding hydrogens is 286 g/mol. The fourth-order valence-corrected chi connectivity index (χ4v) is 2.58. The predicted octanol–water partition coefficient (Wildman–Crippen LogP) is 2.96. The number of halogens is 1. The lowest BCUT2D eigenvalue weighted by Crippen LogP contribution is -2.45. The van der Waals surface area contributed by atoms with Gasteiger partial charge in [-0.05, 0) is 38.3 Å². The highest BCUT2D eigenvalue weighted by atomic mass is 35.5. The fourth-order valence-electron chi connectivity index (χ4n) is 2.38. The molecule has 0 bridgehead atoms. The Bertz CT molecular complexity index is 484. The second-order valence-electron chi connectivity index (χ2n) is 5.54. The third-order valence-corrected chi connectivity index (χ3v) is 4.01. The van der Waals surface area contributed by atoms with Gasteiger partial charge in [0.25, 0.3) is 0 Å². The van der Waals surface area contributed by atoms with Crippen molar-refractivity contribution in [1.82, 2.24) is 10.6 Å². The number of hydrogen-bond donors (Lipinski definition) is 2. The molecule has 1 aromatic rings. The van der Waals surface area contributed by atoms with E-state index in [1.165, 1.54) is 0 Å². The summed E-state index contributed by atoms with van der Waals surface area (Å²) in [4.78, 5) is 4.59. The first-order valence-electron chi connectivity index (χ1n) is 7.52. The summed E-state index contributed by atoms with van der Waals surface area (Å²) in [5.74, 6) is 0.800. The largest absolute Gasteiger partial charge is 0.373 e. The molecule has 0 aliphatic carbocycles. The van der Waals surface area contributed by atoms with Gasteiger partial charge < -0.3 is 15.4 Å². The van der Waals surface area contributed by atoms with Crippen molar-refractivity contribution in [2.75, 3.05) is 19.7 Å². The van der Waals surface area contributed by atoms with Crippen LogP contribution in [0.3, 0.4) is 0 Å². The minimum absolute atomic E-state index is 0.0828. The molecule has 1 aromatic carbocycles. The number of hydrogen-bond acceptors (Lipinski definition) is 2. The molecular formula is C16H24ClN3O. The molecule has 0 saturated carbocycles. The van der Waals surface area contributed by atoms with Crippen molar-refractivity contribution in [2.24, 2.45) is 4.99 Å². The smallest absolute Gasteiger partial charge is 0.191 e. The first-order chi connectivity index (χ1) is 10.1. The molecule has 1 atom stereocenters. The van der Waals surface area contributed by atoms with Gasteiger partial charge in [0, 0.05) is 24.7 Å². The van der Waals surface area contributed by atoms with Gasteiger partial charge in [-0.25, -0.2) is 4.99 Å². The Hall–Kier alpha value is -1.26. The summed E-state index contributed by atoms with van der Waals surface area (Å²) in [6.45, 7) is 7.20. The van der Waals surface area contributed by atoms with Gasteiger partial charge in [-0.3, -0.25) is 0 Å². The van der Waals surface area contributed by atoms with Crippen LogP contribution >= 0.6 is 11.6 Å². The van der Waals surface area contributed by atoms with Crippen LogP contribution in [-0.2, 0) is 11.3 Å². The molecule has 1 aliphatic rings.